The van der Waals surface area contributed by atoms with Gasteiger partial charge in [0.25, 0.3) is 5.91 Å². The lowest BCUT2D eigenvalue weighted by Gasteiger charge is -2.23. The Kier molecular flexibility index (Phi) is 16.9. The Morgan fingerprint density at radius 1 is 0.759 bits per heavy atom. The number of anilines is 2. The molecule has 3 rings (SSSR count). The van der Waals surface area contributed by atoms with Crippen molar-refractivity contribution in [3.8, 4) is 17.2 Å². The second-order valence-corrected chi connectivity index (χ2v) is 15.6. The average Bonchev–Trinajstić information content (AvgIpc) is 3.13. The molecular weight excluding hydrogens is 746 g/mol. The first kappa shape index (κ1) is 46.6. The number of ether oxygens (including phenoxy) is 5. The summed E-state index contributed by atoms with van der Waals surface area (Å²) in [6.07, 6.45) is 0.932. The van der Waals surface area contributed by atoms with Crippen LogP contribution in [0.3, 0.4) is 0 Å². The van der Waals surface area contributed by atoms with Gasteiger partial charge in [0.1, 0.15) is 28.7 Å². The first-order chi connectivity index (χ1) is 27.2. The highest BCUT2D eigenvalue weighted by atomic mass is 16.6. The number of unbranched alkanes of at least 4 members (excludes halogenated alkanes) is 1. The fourth-order valence-electron chi connectivity index (χ4n) is 5.54. The van der Waals surface area contributed by atoms with Gasteiger partial charge in [-0.15, -0.1) is 0 Å². The van der Waals surface area contributed by atoms with Gasteiger partial charge < -0.3 is 50.7 Å². The zero-order valence-corrected chi connectivity index (χ0v) is 35.1. The fourth-order valence-corrected chi connectivity index (χ4v) is 5.54. The van der Waals surface area contributed by atoms with Gasteiger partial charge in [0.15, 0.2) is 5.75 Å². The number of ketones is 1. The van der Waals surface area contributed by atoms with E-state index in [0.29, 0.717) is 56.1 Å². The molecule has 0 aliphatic carbocycles. The van der Waals surface area contributed by atoms with E-state index in [9.17, 15) is 24.0 Å². The minimum Gasteiger partial charge on any atom is -0.494 e. The van der Waals surface area contributed by atoms with Crippen LogP contribution in [0.2, 0.25) is 0 Å². The Morgan fingerprint density at radius 2 is 1.38 bits per heavy atom. The molecule has 1 atom stereocenters. The van der Waals surface area contributed by atoms with E-state index in [-0.39, 0.29) is 47.1 Å². The van der Waals surface area contributed by atoms with Gasteiger partial charge in [-0.1, -0.05) is 18.2 Å². The van der Waals surface area contributed by atoms with Gasteiger partial charge in [0, 0.05) is 20.1 Å². The molecule has 0 aliphatic rings. The molecule has 0 aromatic heterocycles. The van der Waals surface area contributed by atoms with Crippen LogP contribution in [0.25, 0.3) is 0 Å². The Bertz CT molecular complexity index is 1920. The highest BCUT2D eigenvalue weighted by Crippen LogP contribution is 2.36. The van der Waals surface area contributed by atoms with Gasteiger partial charge in [0.2, 0.25) is 11.7 Å². The summed E-state index contributed by atoms with van der Waals surface area (Å²) in [5.74, 6) is -1.02. The summed E-state index contributed by atoms with van der Waals surface area (Å²) in [7, 11) is 2.97. The van der Waals surface area contributed by atoms with Crippen LogP contribution in [0.15, 0.2) is 54.6 Å². The zero-order valence-electron chi connectivity index (χ0n) is 35.1. The number of nitrogen functional groups attached to an aromatic ring is 1. The van der Waals surface area contributed by atoms with Crippen molar-refractivity contribution in [3.05, 3.63) is 76.9 Å². The van der Waals surface area contributed by atoms with Crippen molar-refractivity contribution in [2.75, 3.05) is 51.1 Å². The molecule has 0 spiro atoms. The van der Waals surface area contributed by atoms with E-state index in [1.165, 1.54) is 24.1 Å². The van der Waals surface area contributed by atoms with E-state index in [0.717, 1.165) is 5.56 Å². The van der Waals surface area contributed by atoms with Crippen LogP contribution in [-0.2, 0) is 19.1 Å². The number of nitrogens with two attached hydrogens (primary N) is 2. The summed E-state index contributed by atoms with van der Waals surface area (Å²) in [5, 5.41) is 5.44. The lowest BCUT2D eigenvalue weighted by Crippen LogP contribution is -2.41. The molecule has 316 valence electrons. The lowest BCUT2D eigenvalue weighted by atomic mass is 9.98. The molecule has 0 bridgehead atoms. The third kappa shape index (κ3) is 14.3. The maximum absolute atomic E-state index is 13.9. The monoisotopic (exact) mass is 805 g/mol. The Hall–Kier alpha value is -5.83. The predicted molar refractivity (Wildman–Crippen MR) is 222 cm³/mol. The molecule has 15 heteroatoms. The number of hydrogen-bond acceptors (Lipinski definition) is 12. The molecular formula is C43H59N5O10. The van der Waals surface area contributed by atoms with Gasteiger partial charge in [-0.3, -0.25) is 19.2 Å². The van der Waals surface area contributed by atoms with Crippen molar-refractivity contribution >= 4 is 41.0 Å². The van der Waals surface area contributed by atoms with Gasteiger partial charge in [-0.2, -0.15) is 0 Å². The quantitative estimate of drug-likeness (QED) is 0.0496. The second-order valence-electron chi connectivity index (χ2n) is 15.6. The molecule has 3 amide bonds. The summed E-state index contributed by atoms with van der Waals surface area (Å²) in [5.41, 5.74) is 13.0. The molecule has 15 nitrogen and oxygen atoms in total. The molecule has 1 unspecified atom stereocenters. The van der Waals surface area contributed by atoms with Crippen molar-refractivity contribution in [2.24, 2.45) is 5.73 Å². The van der Waals surface area contributed by atoms with E-state index in [4.69, 9.17) is 35.2 Å². The smallest absolute Gasteiger partial charge is 0.407 e. The molecule has 3 aromatic carbocycles. The van der Waals surface area contributed by atoms with Crippen molar-refractivity contribution in [1.29, 1.82) is 0 Å². The van der Waals surface area contributed by atoms with Gasteiger partial charge >= 0.3 is 12.1 Å². The van der Waals surface area contributed by atoms with Crippen LogP contribution < -0.4 is 41.2 Å². The summed E-state index contributed by atoms with van der Waals surface area (Å²) in [4.78, 5) is 65.5. The van der Waals surface area contributed by atoms with E-state index in [2.05, 4.69) is 10.6 Å². The van der Waals surface area contributed by atoms with Gasteiger partial charge in [0.05, 0.1) is 54.8 Å². The van der Waals surface area contributed by atoms with Gasteiger partial charge in [-0.05, 0) is 110 Å². The molecule has 0 radical (unpaired) electrons. The highest BCUT2D eigenvalue weighted by molar-refractivity contribution is 6.16. The number of rotatable bonds is 19. The molecule has 3 aromatic rings. The highest BCUT2D eigenvalue weighted by Gasteiger charge is 2.27. The number of benzene rings is 3. The Labute approximate surface area is 341 Å². The van der Waals surface area contributed by atoms with Crippen LogP contribution in [0.4, 0.5) is 16.2 Å². The zero-order chi connectivity index (χ0) is 43.2. The summed E-state index contributed by atoms with van der Waals surface area (Å²) >= 11 is 0. The first-order valence-corrected chi connectivity index (χ1v) is 19.2. The van der Waals surface area contributed by atoms with Crippen LogP contribution >= 0.6 is 0 Å². The number of alkyl carbamates (subject to hydrolysis) is 1. The van der Waals surface area contributed by atoms with Crippen molar-refractivity contribution < 1.29 is 47.7 Å². The van der Waals surface area contributed by atoms with E-state index < -0.39 is 41.0 Å². The van der Waals surface area contributed by atoms with Crippen LogP contribution in [0.1, 0.15) is 99.1 Å². The minimum absolute atomic E-state index is 0.0134. The van der Waals surface area contributed by atoms with Crippen LogP contribution in [-0.4, -0.2) is 87.4 Å². The standard InChI is InChI=1S/C43H59N5O10/c1-27-17-20-32(34(25-27)56-23-13-12-21-46-35(49)26-31(44)40(52)57-42(2,3)4)48(8)39(51)29-18-19-30(38(54-9)36(29)45)37(50)28-15-10-11-16-33(28)55-24-14-22-47-41(53)58-43(5,6)7/h10-11,15-20,25,31H,12-14,21-24,26,44-45H2,1-9H3,(H,46,49)(H,47,53). The summed E-state index contributed by atoms with van der Waals surface area (Å²) in [6.45, 7) is 13.6. The number of esters is 1. The molecule has 6 N–H and O–H groups in total. The number of methoxy groups -OCH3 is 1. The SMILES string of the molecule is COc1c(C(=O)c2ccccc2OCCCNC(=O)OC(C)(C)C)ccc(C(=O)N(C)c2ccc(C)cc2OCCCCNC(=O)CC(N)C(=O)OC(C)(C)C)c1N. The maximum Gasteiger partial charge on any atom is 0.407 e. The summed E-state index contributed by atoms with van der Waals surface area (Å²) in [6, 6.07) is 14.1. The van der Waals surface area contributed by atoms with Crippen LogP contribution in [0, 0.1) is 6.92 Å². The maximum atomic E-state index is 13.9. The van der Waals surface area contributed by atoms with E-state index in [1.54, 1.807) is 78.9 Å². The molecule has 0 saturated carbocycles. The van der Waals surface area contributed by atoms with Crippen molar-refractivity contribution in [2.45, 2.75) is 91.4 Å². The topological polar surface area (TPSA) is 211 Å². The molecule has 0 saturated heterocycles. The number of hydrogen-bond donors (Lipinski definition) is 4. The number of para-hydroxylation sites is 1. The Morgan fingerprint density at radius 3 is 2.05 bits per heavy atom. The number of nitrogens with zero attached hydrogens (tertiary/aromatic N) is 1. The lowest BCUT2D eigenvalue weighted by molar-refractivity contribution is -0.157. The number of aryl methyl sites for hydroxylation is 1. The number of amides is 3. The molecule has 58 heavy (non-hydrogen) atoms. The molecule has 0 aliphatic heterocycles. The third-order valence-corrected chi connectivity index (χ3v) is 8.30. The second kappa shape index (κ2) is 21.1. The molecule has 0 fully saturated rings. The first-order valence-electron chi connectivity index (χ1n) is 19.2. The van der Waals surface area contributed by atoms with Gasteiger partial charge in [-0.25, -0.2) is 4.79 Å². The third-order valence-electron chi connectivity index (χ3n) is 8.30. The van der Waals surface area contributed by atoms with E-state index >= 15 is 0 Å². The minimum atomic E-state index is -1.05. The fraction of sp³-hybridized carbons (Fsp3) is 0.465. The average molecular weight is 806 g/mol. The summed E-state index contributed by atoms with van der Waals surface area (Å²) < 4.78 is 28.1. The van der Waals surface area contributed by atoms with Crippen molar-refractivity contribution in [1.82, 2.24) is 10.6 Å². The predicted octanol–water partition coefficient (Wildman–Crippen LogP) is 5.72. The number of nitrogens with one attached hydrogen (secondary N) is 2. The number of carbonyl (C=O) groups excluding carboxylic acids is 5. The van der Waals surface area contributed by atoms with Crippen LogP contribution in [0.5, 0.6) is 17.2 Å². The largest absolute Gasteiger partial charge is 0.494 e. The normalized spacial score (nSPS) is 11.8. The van der Waals surface area contributed by atoms with Crippen molar-refractivity contribution in [3.63, 3.8) is 0 Å². The molecule has 0 heterocycles. The Balaban J connectivity index is 1.64. The van der Waals surface area contributed by atoms with E-state index in [1.807, 2.05) is 19.1 Å². The number of carbonyl (C=O) groups is 5.